The van der Waals surface area contributed by atoms with E-state index in [4.69, 9.17) is 21.6 Å². The fourth-order valence-corrected chi connectivity index (χ4v) is 3.08. The molecule has 0 atom stereocenters. The van der Waals surface area contributed by atoms with Crippen molar-refractivity contribution in [2.24, 2.45) is 5.73 Å². The molecule has 8 nitrogen and oxygen atoms in total. The lowest BCUT2D eigenvalue weighted by atomic mass is 10.0. The van der Waals surface area contributed by atoms with Crippen LogP contribution in [0.15, 0.2) is 17.1 Å². The van der Waals surface area contributed by atoms with Gasteiger partial charge in [-0.05, 0) is 25.8 Å². The van der Waals surface area contributed by atoms with E-state index in [1.807, 2.05) is 6.92 Å². The Labute approximate surface area is 138 Å². The maximum atomic E-state index is 13.1. The summed E-state index contributed by atoms with van der Waals surface area (Å²) in [7, 11) is 0. The van der Waals surface area contributed by atoms with E-state index in [1.165, 1.54) is 6.20 Å². The van der Waals surface area contributed by atoms with E-state index in [2.05, 4.69) is 9.97 Å². The fourth-order valence-electron chi connectivity index (χ4n) is 3.08. The second kappa shape index (κ2) is 6.40. The normalized spacial score (nSPS) is 16.5. The second-order valence-corrected chi connectivity index (χ2v) is 5.75. The Kier molecular flexibility index (Phi) is 4.30. The van der Waals surface area contributed by atoms with Crippen molar-refractivity contribution in [2.45, 2.75) is 25.8 Å². The lowest BCUT2D eigenvalue weighted by Crippen LogP contribution is -2.32. The third kappa shape index (κ3) is 2.65. The predicted octanol–water partition coefficient (Wildman–Crippen LogP) is 0.983. The molecule has 0 saturated carbocycles. The standard InChI is InChI=1S/C16H20N6O2/c1-9-12-6-13(10(7-17)8-18)15(23)22(11-2-4-24-5-3-11)14(12)21-16(19)20-9/h6-8,11,17H,2-5,18H2,1H3,(H2,19,20,21)/b10-8+,17-7?. The maximum Gasteiger partial charge on any atom is 0.260 e. The number of allylic oxidation sites excluding steroid dienone is 1. The third-order valence-corrected chi connectivity index (χ3v) is 4.30. The van der Waals surface area contributed by atoms with Crippen molar-refractivity contribution in [3.05, 3.63) is 33.9 Å². The summed E-state index contributed by atoms with van der Waals surface area (Å²) in [6.07, 6.45) is 3.77. The minimum absolute atomic E-state index is 0.0350. The summed E-state index contributed by atoms with van der Waals surface area (Å²) in [5.74, 6) is 0.134. The number of aryl methyl sites for hydroxylation is 1. The molecule has 1 aliphatic rings. The Hall–Kier alpha value is -2.74. The molecule has 1 aliphatic heterocycles. The molecule has 0 bridgehead atoms. The van der Waals surface area contributed by atoms with Crippen molar-refractivity contribution >= 4 is 28.8 Å². The lowest BCUT2D eigenvalue weighted by Gasteiger charge is -2.26. The van der Waals surface area contributed by atoms with Crippen molar-refractivity contribution in [1.29, 1.82) is 5.41 Å². The first-order valence-corrected chi connectivity index (χ1v) is 7.76. The Morgan fingerprint density at radius 1 is 1.42 bits per heavy atom. The number of hydrogen-bond acceptors (Lipinski definition) is 7. The molecule has 0 aliphatic carbocycles. The fraction of sp³-hybridized carbons (Fsp3) is 0.375. The predicted molar refractivity (Wildman–Crippen MR) is 93.0 cm³/mol. The van der Waals surface area contributed by atoms with Crippen LogP contribution in [0.2, 0.25) is 0 Å². The number of nitrogen functional groups attached to an aromatic ring is 1. The van der Waals surface area contributed by atoms with Crippen LogP contribution in [0, 0.1) is 12.3 Å². The molecule has 0 aromatic carbocycles. The van der Waals surface area contributed by atoms with E-state index in [-0.39, 0.29) is 17.5 Å². The molecule has 0 spiro atoms. The van der Waals surface area contributed by atoms with Gasteiger partial charge in [-0.2, -0.15) is 4.98 Å². The second-order valence-electron chi connectivity index (χ2n) is 5.75. The average molecular weight is 328 g/mol. The summed E-state index contributed by atoms with van der Waals surface area (Å²) in [5, 5.41) is 8.24. The van der Waals surface area contributed by atoms with Gasteiger partial charge < -0.3 is 21.6 Å². The number of anilines is 1. The highest BCUT2D eigenvalue weighted by atomic mass is 16.5. The van der Waals surface area contributed by atoms with E-state index >= 15 is 0 Å². The Morgan fingerprint density at radius 3 is 2.75 bits per heavy atom. The topological polar surface area (TPSA) is 133 Å². The van der Waals surface area contributed by atoms with Crippen LogP contribution in [-0.2, 0) is 4.74 Å². The quantitative estimate of drug-likeness (QED) is 0.719. The first-order valence-electron chi connectivity index (χ1n) is 7.76. The van der Waals surface area contributed by atoms with Gasteiger partial charge in [0.15, 0.2) is 0 Å². The SMILES string of the molecule is Cc1nc(N)nc2c1cc(/C(C=N)=C/N)c(=O)n2C1CCOCC1. The summed E-state index contributed by atoms with van der Waals surface area (Å²) in [6.45, 7) is 3.00. The van der Waals surface area contributed by atoms with Crippen LogP contribution in [0.25, 0.3) is 16.6 Å². The van der Waals surface area contributed by atoms with Gasteiger partial charge in [0, 0.05) is 42.6 Å². The zero-order chi connectivity index (χ0) is 17.3. The Morgan fingerprint density at radius 2 is 2.12 bits per heavy atom. The van der Waals surface area contributed by atoms with Gasteiger partial charge in [0.25, 0.3) is 5.56 Å². The average Bonchev–Trinajstić information content (AvgIpc) is 2.57. The Bertz CT molecular complexity index is 880. The number of aromatic nitrogens is 3. The van der Waals surface area contributed by atoms with Crippen LogP contribution in [0.5, 0.6) is 0 Å². The molecule has 8 heteroatoms. The zero-order valence-corrected chi connectivity index (χ0v) is 13.5. The highest BCUT2D eigenvalue weighted by Gasteiger charge is 2.23. The number of pyridine rings is 1. The van der Waals surface area contributed by atoms with Crippen LogP contribution in [0.3, 0.4) is 0 Å². The molecule has 126 valence electrons. The van der Waals surface area contributed by atoms with E-state index in [9.17, 15) is 4.79 Å². The molecule has 24 heavy (non-hydrogen) atoms. The van der Waals surface area contributed by atoms with Crippen LogP contribution in [-0.4, -0.2) is 34.0 Å². The minimum atomic E-state index is -0.230. The summed E-state index contributed by atoms with van der Waals surface area (Å²) >= 11 is 0. The molecule has 3 rings (SSSR count). The van der Waals surface area contributed by atoms with E-state index in [1.54, 1.807) is 10.6 Å². The monoisotopic (exact) mass is 328 g/mol. The molecule has 0 radical (unpaired) electrons. The molecule has 1 fully saturated rings. The molecule has 5 N–H and O–H groups in total. The van der Waals surface area contributed by atoms with Crippen molar-refractivity contribution in [1.82, 2.24) is 14.5 Å². The van der Waals surface area contributed by atoms with Gasteiger partial charge in [0.2, 0.25) is 5.95 Å². The number of nitrogens with zero attached hydrogens (tertiary/aromatic N) is 3. The first-order chi connectivity index (χ1) is 11.6. The highest BCUT2D eigenvalue weighted by Crippen LogP contribution is 2.26. The number of hydrogen-bond donors (Lipinski definition) is 3. The van der Waals surface area contributed by atoms with Gasteiger partial charge in [-0.1, -0.05) is 0 Å². The van der Waals surface area contributed by atoms with Crippen LogP contribution in [0.1, 0.15) is 30.1 Å². The number of nitrogens with one attached hydrogen (secondary N) is 1. The van der Waals surface area contributed by atoms with Crippen molar-refractivity contribution < 1.29 is 4.74 Å². The summed E-state index contributed by atoms with van der Waals surface area (Å²) in [5.41, 5.74) is 13.1. The molecule has 1 saturated heterocycles. The van der Waals surface area contributed by atoms with Gasteiger partial charge in [-0.15, -0.1) is 0 Å². The number of nitrogens with two attached hydrogens (primary N) is 2. The van der Waals surface area contributed by atoms with Gasteiger partial charge >= 0.3 is 0 Å². The molecule has 2 aromatic rings. The van der Waals surface area contributed by atoms with Crippen LogP contribution in [0.4, 0.5) is 5.95 Å². The highest BCUT2D eigenvalue weighted by molar-refractivity contribution is 6.08. The summed E-state index contributed by atoms with van der Waals surface area (Å²) in [4.78, 5) is 21.6. The van der Waals surface area contributed by atoms with Crippen molar-refractivity contribution in [3.8, 4) is 0 Å². The maximum absolute atomic E-state index is 13.1. The van der Waals surface area contributed by atoms with Crippen molar-refractivity contribution in [3.63, 3.8) is 0 Å². The van der Waals surface area contributed by atoms with Crippen LogP contribution < -0.4 is 17.0 Å². The number of fused-ring (bicyclic) bond motifs is 1. The van der Waals surface area contributed by atoms with Gasteiger partial charge in [0.1, 0.15) is 5.65 Å². The molecular weight excluding hydrogens is 308 g/mol. The summed E-state index contributed by atoms with van der Waals surface area (Å²) < 4.78 is 7.06. The minimum Gasteiger partial charge on any atom is -0.404 e. The van der Waals surface area contributed by atoms with Crippen LogP contribution >= 0.6 is 0 Å². The molecule has 0 amide bonds. The molecule has 0 unspecified atom stereocenters. The lowest BCUT2D eigenvalue weighted by molar-refractivity contribution is 0.0697. The largest absolute Gasteiger partial charge is 0.404 e. The third-order valence-electron chi connectivity index (χ3n) is 4.30. The molecular formula is C16H20N6O2. The van der Waals surface area contributed by atoms with E-state index in [0.29, 0.717) is 48.5 Å². The van der Waals surface area contributed by atoms with E-state index < -0.39 is 0 Å². The molecule has 3 heterocycles. The van der Waals surface area contributed by atoms with Crippen molar-refractivity contribution in [2.75, 3.05) is 18.9 Å². The summed E-state index contributed by atoms with van der Waals surface area (Å²) in [6, 6.07) is 1.65. The molecule has 2 aromatic heterocycles. The Balaban J connectivity index is 2.38. The first kappa shape index (κ1) is 16.1. The number of rotatable bonds is 3. The van der Waals surface area contributed by atoms with Gasteiger partial charge in [0.05, 0.1) is 11.3 Å². The van der Waals surface area contributed by atoms with Gasteiger partial charge in [-0.25, -0.2) is 4.98 Å². The van der Waals surface area contributed by atoms with E-state index in [0.717, 1.165) is 11.6 Å². The smallest absolute Gasteiger partial charge is 0.260 e. The zero-order valence-electron chi connectivity index (χ0n) is 13.5. The number of ether oxygens (including phenoxy) is 1. The van der Waals surface area contributed by atoms with Gasteiger partial charge in [-0.3, -0.25) is 9.36 Å².